The van der Waals surface area contributed by atoms with Gasteiger partial charge in [0, 0.05) is 18.4 Å². The van der Waals surface area contributed by atoms with Crippen LogP contribution < -0.4 is 5.32 Å². The van der Waals surface area contributed by atoms with E-state index in [1.165, 1.54) is 22.3 Å². The number of pyridine rings is 1. The lowest BCUT2D eigenvalue weighted by molar-refractivity contribution is 0.407. The molecule has 3 rings (SSSR count). The summed E-state index contributed by atoms with van der Waals surface area (Å²) < 4.78 is 0. The zero-order valence-corrected chi connectivity index (χ0v) is 16.9. The van der Waals surface area contributed by atoms with Crippen LogP contribution in [0.2, 0.25) is 0 Å². The van der Waals surface area contributed by atoms with Crippen molar-refractivity contribution in [2.45, 2.75) is 33.9 Å². The molecule has 0 atom stereocenters. The summed E-state index contributed by atoms with van der Waals surface area (Å²) in [6, 6.07) is 20.8. The summed E-state index contributed by atoms with van der Waals surface area (Å²) in [5.41, 5.74) is 6.93. The molecule has 27 heavy (non-hydrogen) atoms. The Morgan fingerprint density at radius 1 is 0.889 bits per heavy atom. The lowest BCUT2D eigenvalue weighted by atomic mass is 10.1. The maximum atomic E-state index is 5.79. The van der Waals surface area contributed by atoms with Gasteiger partial charge in [-0.25, -0.2) is 0 Å². The van der Waals surface area contributed by atoms with Crippen LogP contribution in [0, 0.1) is 20.8 Å². The lowest BCUT2D eigenvalue weighted by Crippen LogP contribution is -2.34. The van der Waals surface area contributed by atoms with Crippen LogP contribution in [-0.2, 0) is 13.1 Å². The minimum atomic E-state index is 0.658. The van der Waals surface area contributed by atoms with Gasteiger partial charge in [0.15, 0.2) is 5.11 Å². The molecule has 138 valence electrons. The quantitative estimate of drug-likeness (QED) is 0.604. The van der Waals surface area contributed by atoms with Crippen molar-refractivity contribution in [1.29, 1.82) is 0 Å². The van der Waals surface area contributed by atoms with E-state index in [0.29, 0.717) is 11.7 Å². The molecule has 1 heterocycles. The van der Waals surface area contributed by atoms with Gasteiger partial charge in [-0.3, -0.25) is 4.98 Å². The average Bonchev–Trinajstić information content (AvgIpc) is 2.67. The van der Waals surface area contributed by atoms with Crippen molar-refractivity contribution >= 4 is 23.0 Å². The van der Waals surface area contributed by atoms with Crippen molar-refractivity contribution in [3.8, 4) is 0 Å². The molecule has 0 aliphatic carbocycles. The van der Waals surface area contributed by atoms with Crippen molar-refractivity contribution in [2.24, 2.45) is 0 Å². The predicted octanol–water partition coefficient (Wildman–Crippen LogP) is 5.41. The standard InChI is InChI=1S/C23H25N3S/c1-17-10-12-20(13-11-17)15-26(16-21-9-4-5-14-24-21)23(27)25-22-18(2)7-6-8-19(22)3/h4-14H,15-16H2,1-3H3,(H,25,27). The fraction of sp³-hybridized carbons (Fsp3) is 0.217. The molecule has 0 unspecified atom stereocenters. The highest BCUT2D eigenvalue weighted by Crippen LogP contribution is 2.21. The van der Waals surface area contributed by atoms with Crippen LogP contribution >= 0.6 is 12.2 Å². The van der Waals surface area contributed by atoms with E-state index >= 15 is 0 Å². The van der Waals surface area contributed by atoms with Crippen molar-refractivity contribution in [1.82, 2.24) is 9.88 Å². The lowest BCUT2D eigenvalue weighted by Gasteiger charge is -2.27. The molecule has 0 spiro atoms. The number of aromatic nitrogens is 1. The van der Waals surface area contributed by atoms with Crippen LogP contribution in [0.1, 0.15) is 27.9 Å². The van der Waals surface area contributed by atoms with Crippen LogP contribution in [0.25, 0.3) is 0 Å². The first kappa shape index (κ1) is 19.1. The number of hydrogen-bond acceptors (Lipinski definition) is 2. The maximum Gasteiger partial charge on any atom is 0.174 e. The minimum absolute atomic E-state index is 0.658. The highest BCUT2D eigenvalue weighted by atomic mass is 32.1. The molecule has 3 aromatic rings. The van der Waals surface area contributed by atoms with E-state index in [2.05, 4.69) is 78.4 Å². The first-order valence-corrected chi connectivity index (χ1v) is 9.51. The Labute approximate surface area is 167 Å². The molecule has 4 heteroatoms. The van der Waals surface area contributed by atoms with Gasteiger partial charge in [-0.15, -0.1) is 0 Å². The smallest absolute Gasteiger partial charge is 0.174 e. The number of para-hydroxylation sites is 1. The van der Waals surface area contributed by atoms with Gasteiger partial charge in [0.1, 0.15) is 0 Å². The monoisotopic (exact) mass is 375 g/mol. The molecule has 0 fully saturated rings. The van der Waals surface area contributed by atoms with Crippen molar-refractivity contribution in [3.05, 3.63) is 94.8 Å². The molecule has 0 aliphatic heterocycles. The number of benzene rings is 2. The molecular weight excluding hydrogens is 350 g/mol. The summed E-state index contributed by atoms with van der Waals surface area (Å²) in [6.07, 6.45) is 1.82. The molecule has 0 amide bonds. The van der Waals surface area contributed by atoms with E-state index in [4.69, 9.17) is 12.2 Å². The molecule has 0 bridgehead atoms. The largest absolute Gasteiger partial charge is 0.339 e. The molecule has 0 saturated carbocycles. The first-order valence-electron chi connectivity index (χ1n) is 9.10. The van der Waals surface area contributed by atoms with Crippen LogP contribution in [0.4, 0.5) is 5.69 Å². The Kier molecular flexibility index (Phi) is 6.20. The molecular formula is C23H25N3S. The molecule has 1 N–H and O–H groups in total. The second kappa shape index (κ2) is 8.78. The topological polar surface area (TPSA) is 28.2 Å². The summed E-state index contributed by atoms with van der Waals surface area (Å²) >= 11 is 5.79. The third-order valence-corrected chi connectivity index (χ3v) is 4.93. The fourth-order valence-corrected chi connectivity index (χ4v) is 3.23. The van der Waals surface area contributed by atoms with E-state index in [1.807, 2.05) is 24.4 Å². The van der Waals surface area contributed by atoms with Gasteiger partial charge in [-0.05, 0) is 61.8 Å². The SMILES string of the molecule is Cc1ccc(CN(Cc2ccccn2)C(=S)Nc2c(C)cccc2C)cc1. The summed E-state index contributed by atoms with van der Waals surface area (Å²) in [5.74, 6) is 0. The number of anilines is 1. The Balaban J connectivity index is 1.83. The Morgan fingerprint density at radius 3 is 2.22 bits per heavy atom. The molecule has 3 nitrogen and oxygen atoms in total. The zero-order chi connectivity index (χ0) is 19.2. The normalized spacial score (nSPS) is 10.5. The van der Waals surface area contributed by atoms with E-state index in [1.54, 1.807) is 0 Å². The highest BCUT2D eigenvalue weighted by molar-refractivity contribution is 7.80. The van der Waals surface area contributed by atoms with Crippen LogP contribution in [0.15, 0.2) is 66.9 Å². The Hall–Kier alpha value is -2.72. The zero-order valence-electron chi connectivity index (χ0n) is 16.1. The summed E-state index contributed by atoms with van der Waals surface area (Å²) in [6.45, 7) is 7.68. The number of hydrogen-bond donors (Lipinski definition) is 1. The van der Waals surface area contributed by atoms with Gasteiger partial charge < -0.3 is 10.2 Å². The number of thiocarbonyl (C=S) groups is 1. The van der Waals surface area contributed by atoms with Gasteiger partial charge >= 0.3 is 0 Å². The van der Waals surface area contributed by atoms with E-state index in [-0.39, 0.29) is 0 Å². The number of aryl methyl sites for hydroxylation is 3. The number of rotatable bonds is 5. The summed E-state index contributed by atoms with van der Waals surface area (Å²) in [7, 11) is 0. The molecule has 0 radical (unpaired) electrons. The van der Waals surface area contributed by atoms with Gasteiger partial charge in [0.05, 0.1) is 12.2 Å². The summed E-state index contributed by atoms with van der Waals surface area (Å²) in [5, 5.41) is 4.17. The predicted molar refractivity (Wildman–Crippen MR) is 117 cm³/mol. The third kappa shape index (κ3) is 5.14. The van der Waals surface area contributed by atoms with E-state index < -0.39 is 0 Å². The molecule has 1 aromatic heterocycles. The van der Waals surface area contributed by atoms with Crippen LogP contribution in [-0.4, -0.2) is 15.0 Å². The van der Waals surface area contributed by atoms with Crippen LogP contribution in [0.5, 0.6) is 0 Å². The van der Waals surface area contributed by atoms with Crippen molar-refractivity contribution in [3.63, 3.8) is 0 Å². The maximum absolute atomic E-state index is 5.79. The number of nitrogens with zero attached hydrogens (tertiary/aromatic N) is 2. The van der Waals surface area contributed by atoms with Crippen molar-refractivity contribution in [2.75, 3.05) is 5.32 Å². The third-order valence-electron chi connectivity index (χ3n) is 4.57. The minimum Gasteiger partial charge on any atom is -0.339 e. The van der Waals surface area contributed by atoms with Gasteiger partial charge in [-0.2, -0.15) is 0 Å². The molecule has 0 saturated heterocycles. The molecule has 0 aliphatic rings. The van der Waals surface area contributed by atoms with Gasteiger partial charge in [0.2, 0.25) is 0 Å². The van der Waals surface area contributed by atoms with Crippen LogP contribution in [0.3, 0.4) is 0 Å². The second-order valence-corrected chi connectivity index (χ2v) is 7.25. The highest BCUT2D eigenvalue weighted by Gasteiger charge is 2.14. The Bertz CT molecular complexity index is 884. The van der Waals surface area contributed by atoms with Crippen molar-refractivity contribution < 1.29 is 0 Å². The fourth-order valence-electron chi connectivity index (χ4n) is 3.00. The Morgan fingerprint density at radius 2 is 1.59 bits per heavy atom. The number of nitrogens with one attached hydrogen (secondary N) is 1. The van der Waals surface area contributed by atoms with Gasteiger partial charge in [-0.1, -0.05) is 54.1 Å². The molecule has 2 aromatic carbocycles. The second-order valence-electron chi connectivity index (χ2n) is 6.86. The van der Waals surface area contributed by atoms with E-state index in [0.717, 1.165) is 17.9 Å². The first-order chi connectivity index (χ1) is 13.0. The van der Waals surface area contributed by atoms with Gasteiger partial charge in [0.25, 0.3) is 0 Å². The van der Waals surface area contributed by atoms with E-state index in [9.17, 15) is 0 Å². The average molecular weight is 376 g/mol. The summed E-state index contributed by atoms with van der Waals surface area (Å²) in [4.78, 5) is 6.63.